The molecule has 2 aliphatic heterocycles. The summed E-state index contributed by atoms with van der Waals surface area (Å²) in [6.45, 7) is 3.34. The summed E-state index contributed by atoms with van der Waals surface area (Å²) in [4.78, 5) is 15.0. The molecule has 30 heavy (non-hydrogen) atoms. The van der Waals surface area contributed by atoms with E-state index in [0.29, 0.717) is 32.7 Å². The monoisotopic (exact) mass is 407 g/mol. The number of rotatable bonds is 4. The van der Waals surface area contributed by atoms with Crippen molar-refractivity contribution in [3.8, 4) is 11.1 Å². The fourth-order valence-electron chi connectivity index (χ4n) is 5.71. The number of nitrogens with zero attached hydrogens (tertiary/aromatic N) is 1. The third-order valence-corrected chi connectivity index (χ3v) is 6.90. The van der Waals surface area contributed by atoms with Gasteiger partial charge in [-0.2, -0.15) is 0 Å². The SMILES string of the molecule is CCCC1(O)CC2COCC(C1)N2C(=O)OCC1c2ccccc2-c2ccccc21. The average Bonchev–Trinajstić information content (AvgIpc) is 3.05. The quantitative estimate of drug-likeness (QED) is 0.820. The van der Waals surface area contributed by atoms with Gasteiger partial charge >= 0.3 is 6.09 Å². The van der Waals surface area contributed by atoms with Gasteiger partial charge < -0.3 is 14.6 Å². The molecule has 0 aromatic heterocycles. The van der Waals surface area contributed by atoms with E-state index < -0.39 is 5.60 Å². The van der Waals surface area contributed by atoms with Crippen LogP contribution in [0.5, 0.6) is 0 Å². The summed E-state index contributed by atoms with van der Waals surface area (Å²) in [5.41, 5.74) is 4.18. The molecule has 2 atom stereocenters. The Labute approximate surface area is 177 Å². The Morgan fingerprint density at radius 3 is 2.20 bits per heavy atom. The largest absolute Gasteiger partial charge is 0.448 e. The number of morpholine rings is 1. The predicted molar refractivity (Wildman–Crippen MR) is 114 cm³/mol. The molecule has 2 unspecified atom stereocenters. The maximum atomic E-state index is 13.1. The van der Waals surface area contributed by atoms with E-state index in [1.165, 1.54) is 22.3 Å². The molecule has 158 valence electrons. The third-order valence-electron chi connectivity index (χ3n) is 6.90. The van der Waals surface area contributed by atoms with Crippen LogP contribution in [-0.4, -0.2) is 53.6 Å². The molecule has 0 saturated carbocycles. The average molecular weight is 408 g/mol. The Morgan fingerprint density at radius 2 is 1.63 bits per heavy atom. The molecule has 1 aliphatic carbocycles. The van der Waals surface area contributed by atoms with Crippen molar-refractivity contribution in [1.29, 1.82) is 0 Å². The molecule has 2 heterocycles. The summed E-state index contributed by atoms with van der Waals surface area (Å²) in [5.74, 6) is 0.0549. The van der Waals surface area contributed by atoms with Crippen LogP contribution in [0, 0.1) is 0 Å². The Morgan fingerprint density at radius 1 is 1.07 bits per heavy atom. The second-order valence-electron chi connectivity index (χ2n) is 8.94. The van der Waals surface area contributed by atoms with Gasteiger partial charge in [-0.15, -0.1) is 0 Å². The fourth-order valence-corrected chi connectivity index (χ4v) is 5.71. The van der Waals surface area contributed by atoms with Crippen LogP contribution in [0.25, 0.3) is 11.1 Å². The highest BCUT2D eigenvalue weighted by atomic mass is 16.6. The molecule has 2 saturated heterocycles. The van der Waals surface area contributed by atoms with E-state index in [1.54, 1.807) is 0 Å². The molecule has 2 aromatic rings. The lowest BCUT2D eigenvalue weighted by Gasteiger charge is -2.51. The van der Waals surface area contributed by atoms with Gasteiger partial charge in [-0.05, 0) is 41.5 Å². The first-order valence-electron chi connectivity index (χ1n) is 11.0. The Hall–Kier alpha value is -2.37. The van der Waals surface area contributed by atoms with Crippen molar-refractivity contribution in [2.45, 2.75) is 56.2 Å². The molecule has 3 aliphatic rings. The molecule has 2 fully saturated rings. The summed E-state index contributed by atoms with van der Waals surface area (Å²) in [6.07, 6.45) is 2.53. The normalized spacial score (nSPS) is 27.5. The van der Waals surface area contributed by atoms with E-state index in [4.69, 9.17) is 9.47 Å². The van der Waals surface area contributed by atoms with Crippen molar-refractivity contribution >= 4 is 6.09 Å². The topological polar surface area (TPSA) is 59.0 Å². The molecular weight excluding hydrogens is 378 g/mol. The summed E-state index contributed by atoms with van der Waals surface area (Å²) in [6, 6.07) is 16.5. The first-order chi connectivity index (χ1) is 14.6. The number of amides is 1. The molecule has 1 amide bonds. The molecule has 0 radical (unpaired) electrons. The number of fused-ring (bicyclic) bond motifs is 5. The molecule has 2 aromatic carbocycles. The lowest BCUT2D eigenvalue weighted by Crippen LogP contribution is -2.63. The number of hydrogen-bond donors (Lipinski definition) is 1. The smallest absolute Gasteiger partial charge is 0.410 e. The molecule has 5 rings (SSSR count). The van der Waals surface area contributed by atoms with E-state index in [-0.39, 0.29) is 24.1 Å². The zero-order valence-electron chi connectivity index (χ0n) is 17.4. The fraction of sp³-hybridized carbons (Fsp3) is 0.480. The van der Waals surface area contributed by atoms with Crippen molar-refractivity contribution < 1.29 is 19.4 Å². The summed E-state index contributed by atoms with van der Waals surface area (Å²) in [5, 5.41) is 11.0. The van der Waals surface area contributed by atoms with Gasteiger partial charge in [-0.1, -0.05) is 61.9 Å². The number of aliphatic hydroxyl groups is 1. The van der Waals surface area contributed by atoms with Crippen LogP contribution in [0.2, 0.25) is 0 Å². The first kappa shape index (κ1) is 19.6. The van der Waals surface area contributed by atoms with Crippen LogP contribution in [-0.2, 0) is 9.47 Å². The predicted octanol–water partition coefficient (Wildman–Crippen LogP) is 4.33. The molecule has 2 bridgehead atoms. The summed E-state index contributed by atoms with van der Waals surface area (Å²) < 4.78 is 11.6. The number of carbonyl (C=O) groups is 1. The van der Waals surface area contributed by atoms with Gasteiger partial charge in [0.1, 0.15) is 6.61 Å². The second kappa shape index (κ2) is 7.71. The van der Waals surface area contributed by atoms with Crippen molar-refractivity contribution in [3.05, 3.63) is 59.7 Å². The van der Waals surface area contributed by atoms with Gasteiger partial charge in [0.05, 0.1) is 30.9 Å². The zero-order valence-corrected chi connectivity index (χ0v) is 17.4. The van der Waals surface area contributed by atoms with Crippen molar-refractivity contribution in [3.63, 3.8) is 0 Å². The van der Waals surface area contributed by atoms with E-state index in [9.17, 15) is 9.90 Å². The molecule has 0 spiro atoms. The number of ether oxygens (including phenoxy) is 2. The first-order valence-corrected chi connectivity index (χ1v) is 11.0. The van der Waals surface area contributed by atoms with Crippen LogP contribution in [0.1, 0.15) is 49.7 Å². The van der Waals surface area contributed by atoms with Crippen molar-refractivity contribution in [2.24, 2.45) is 0 Å². The van der Waals surface area contributed by atoms with Crippen LogP contribution in [0.15, 0.2) is 48.5 Å². The number of piperidine rings is 1. The van der Waals surface area contributed by atoms with Gasteiger partial charge in [-0.25, -0.2) is 4.79 Å². The highest BCUT2D eigenvalue weighted by molar-refractivity contribution is 5.79. The molecule has 1 N–H and O–H groups in total. The van der Waals surface area contributed by atoms with E-state index in [2.05, 4.69) is 43.3 Å². The number of benzene rings is 2. The highest BCUT2D eigenvalue weighted by Crippen LogP contribution is 2.45. The van der Waals surface area contributed by atoms with E-state index in [1.807, 2.05) is 17.0 Å². The van der Waals surface area contributed by atoms with Crippen molar-refractivity contribution in [1.82, 2.24) is 4.90 Å². The maximum Gasteiger partial charge on any atom is 0.410 e. The van der Waals surface area contributed by atoms with Gasteiger partial charge in [0.25, 0.3) is 0 Å². The van der Waals surface area contributed by atoms with Crippen LogP contribution in [0.3, 0.4) is 0 Å². The summed E-state index contributed by atoms with van der Waals surface area (Å²) in [7, 11) is 0. The Kier molecular flexibility index (Phi) is 5.03. The Bertz CT molecular complexity index is 883. The van der Waals surface area contributed by atoms with Gasteiger partial charge in [0.2, 0.25) is 0 Å². The number of hydrogen-bond acceptors (Lipinski definition) is 4. The third kappa shape index (κ3) is 3.30. The van der Waals surface area contributed by atoms with Crippen molar-refractivity contribution in [2.75, 3.05) is 19.8 Å². The van der Waals surface area contributed by atoms with Gasteiger partial charge in [0, 0.05) is 5.92 Å². The van der Waals surface area contributed by atoms with Gasteiger partial charge in [0.15, 0.2) is 0 Å². The van der Waals surface area contributed by atoms with Gasteiger partial charge in [-0.3, -0.25) is 4.90 Å². The second-order valence-corrected chi connectivity index (χ2v) is 8.94. The lowest BCUT2D eigenvalue weighted by atomic mass is 9.79. The zero-order chi connectivity index (χ0) is 20.7. The molecular formula is C25H29NO4. The van der Waals surface area contributed by atoms with Crippen LogP contribution < -0.4 is 0 Å². The minimum absolute atomic E-state index is 0.0549. The van der Waals surface area contributed by atoms with Crippen LogP contribution in [0.4, 0.5) is 4.79 Å². The lowest BCUT2D eigenvalue weighted by molar-refractivity contribution is -0.135. The number of carbonyl (C=O) groups excluding carboxylic acids is 1. The highest BCUT2D eigenvalue weighted by Gasteiger charge is 2.48. The Balaban J connectivity index is 1.32. The molecule has 5 nitrogen and oxygen atoms in total. The molecule has 5 heteroatoms. The minimum atomic E-state index is -0.700. The van der Waals surface area contributed by atoms with E-state index in [0.717, 1.165) is 12.8 Å². The maximum absolute atomic E-state index is 13.1. The minimum Gasteiger partial charge on any atom is -0.448 e. The summed E-state index contributed by atoms with van der Waals surface area (Å²) >= 11 is 0. The standard InChI is InChI=1S/C25H29NO4/c1-2-11-25(28)12-17-14-29-15-18(13-25)26(17)24(27)30-16-23-21-9-5-3-7-19(21)20-8-4-6-10-22(20)23/h3-10,17-18,23,28H,2,11-16H2,1H3. The van der Waals surface area contributed by atoms with E-state index >= 15 is 0 Å². The van der Waals surface area contributed by atoms with Crippen LogP contribution >= 0.6 is 0 Å².